The zero-order valence-electron chi connectivity index (χ0n) is 12.8. The van der Waals surface area contributed by atoms with Crippen LogP contribution in [0, 0.1) is 6.92 Å². The van der Waals surface area contributed by atoms with Crippen LogP contribution in [0.5, 0.6) is 11.5 Å². The monoisotopic (exact) mass is 329 g/mol. The van der Waals surface area contributed by atoms with Crippen LogP contribution in [0.4, 0.5) is 0 Å². The van der Waals surface area contributed by atoms with Gasteiger partial charge in [0.25, 0.3) is 0 Å². The number of hydrogen-bond acceptors (Lipinski definition) is 6. The Morgan fingerprint density at radius 3 is 2.75 bits per heavy atom. The molecule has 0 aliphatic carbocycles. The van der Waals surface area contributed by atoms with Crippen molar-refractivity contribution < 1.29 is 23.8 Å². The lowest BCUT2D eigenvalue weighted by Gasteiger charge is -2.09. The third kappa shape index (κ3) is 2.83. The molecule has 1 aromatic carbocycles. The summed E-state index contributed by atoms with van der Waals surface area (Å²) in [5.41, 5.74) is -0.111. The minimum absolute atomic E-state index is 0.0998. The molecule has 0 atom stereocenters. The topological polar surface area (TPSA) is 113 Å². The Labute approximate surface area is 136 Å². The van der Waals surface area contributed by atoms with Gasteiger partial charge >= 0.3 is 5.63 Å². The van der Waals surface area contributed by atoms with Crippen molar-refractivity contribution in [3.8, 4) is 11.5 Å². The number of phenolic OH excluding ortho intramolecular Hbond substituents is 2. The van der Waals surface area contributed by atoms with Gasteiger partial charge in [-0.05, 0) is 36.8 Å². The average Bonchev–Trinajstić information content (AvgIpc) is 3.07. The molecule has 0 aliphatic heterocycles. The molecule has 2 aromatic heterocycles. The molecule has 3 rings (SSSR count). The first-order valence-corrected chi connectivity index (χ1v) is 7.23. The number of amides is 1. The number of benzene rings is 1. The maximum atomic E-state index is 12.1. The zero-order chi connectivity index (χ0) is 17.3. The van der Waals surface area contributed by atoms with Gasteiger partial charge in [0, 0.05) is 5.39 Å². The number of carbonyl (C=O) groups excluding carboxylic acids is 1. The molecule has 0 spiro atoms. The van der Waals surface area contributed by atoms with E-state index in [1.807, 2.05) is 0 Å². The number of rotatable bonds is 4. The molecular formula is C17H15NO6. The Bertz CT molecular complexity index is 955. The fraction of sp³-hybridized carbons (Fsp3) is 0.176. The normalized spacial score (nSPS) is 10.9. The Balaban J connectivity index is 1.88. The van der Waals surface area contributed by atoms with Gasteiger partial charge in [-0.25, -0.2) is 4.79 Å². The Morgan fingerprint density at radius 1 is 1.25 bits per heavy atom. The smallest absolute Gasteiger partial charge is 0.340 e. The molecule has 0 unspecified atom stereocenters. The van der Waals surface area contributed by atoms with E-state index in [-0.39, 0.29) is 35.8 Å². The summed E-state index contributed by atoms with van der Waals surface area (Å²) in [5.74, 6) is -0.634. The van der Waals surface area contributed by atoms with Crippen molar-refractivity contribution in [2.45, 2.75) is 19.9 Å². The van der Waals surface area contributed by atoms with Crippen LogP contribution < -0.4 is 10.9 Å². The van der Waals surface area contributed by atoms with Gasteiger partial charge in [0.05, 0.1) is 24.8 Å². The van der Waals surface area contributed by atoms with Crippen LogP contribution in [0.3, 0.4) is 0 Å². The molecule has 124 valence electrons. The summed E-state index contributed by atoms with van der Waals surface area (Å²) in [4.78, 5) is 24.2. The quantitative estimate of drug-likeness (QED) is 0.498. The fourth-order valence-electron chi connectivity index (χ4n) is 2.46. The van der Waals surface area contributed by atoms with Crippen molar-refractivity contribution in [2.24, 2.45) is 0 Å². The summed E-state index contributed by atoms with van der Waals surface area (Å²) >= 11 is 0. The third-order valence-electron chi connectivity index (χ3n) is 3.79. The van der Waals surface area contributed by atoms with Crippen LogP contribution in [-0.4, -0.2) is 16.1 Å². The number of phenols is 2. The standard InChI is InChI=1S/C17H15NO6/c1-9-11-4-5-13(19)15(21)16(11)24-17(22)12(9)7-14(20)18-8-10-3-2-6-23-10/h2-6,19,21H,7-8H2,1H3,(H,18,20). The van der Waals surface area contributed by atoms with Crippen molar-refractivity contribution in [1.82, 2.24) is 5.32 Å². The number of fused-ring (bicyclic) bond motifs is 1. The second-order valence-corrected chi connectivity index (χ2v) is 5.34. The Morgan fingerprint density at radius 2 is 2.04 bits per heavy atom. The van der Waals surface area contributed by atoms with E-state index in [1.165, 1.54) is 18.4 Å². The Kier molecular flexibility index (Phi) is 3.99. The van der Waals surface area contributed by atoms with E-state index in [2.05, 4.69) is 5.32 Å². The molecule has 0 bridgehead atoms. The molecule has 24 heavy (non-hydrogen) atoms. The van der Waals surface area contributed by atoms with Gasteiger partial charge in [-0.3, -0.25) is 4.79 Å². The summed E-state index contributed by atoms with van der Waals surface area (Å²) in [6.45, 7) is 1.88. The van der Waals surface area contributed by atoms with Gasteiger partial charge < -0.3 is 24.4 Å². The number of furan rings is 1. The number of aryl methyl sites for hydroxylation is 1. The molecule has 3 N–H and O–H groups in total. The van der Waals surface area contributed by atoms with E-state index < -0.39 is 11.4 Å². The lowest BCUT2D eigenvalue weighted by molar-refractivity contribution is -0.120. The molecule has 3 aromatic rings. The summed E-state index contributed by atoms with van der Waals surface area (Å²) in [5, 5.41) is 22.4. The van der Waals surface area contributed by atoms with E-state index in [0.717, 1.165) is 0 Å². The molecule has 0 aliphatic rings. The van der Waals surface area contributed by atoms with Gasteiger partial charge in [-0.2, -0.15) is 0 Å². The highest BCUT2D eigenvalue weighted by Crippen LogP contribution is 2.34. The molecule has 2 heterocycles. The van der Waals surface area contributed by atoms with Crippen LogP contribution in [0.25, 0.3) is 11.0 Å². The van der Waals surface area contributed by atoms with Crippen molar-refractivity contribution in [3.63, 3.8) is 0 Å². The predicted molar refractivity (Wildman–Crippen MR) is 84.8 cm³/mol. The zero-order valence-corrected chi connectivity index (χ0v) is 12.8. The first kappa shape index (κ1) is 15.7. The largest absolute Gasteiger partial charge is 0.504 e. The number of aromatic hydroxyl groups is 2. The number of hydrogen-bond donors (Lipinski definition) is 3. The molecule has 7 nitrogen and oxygen atoms in total. The lowest BCUT2D eigenvalue weighted by atomic mass is 10.0. The average molecular weight is 329 g/mol. The van der Waals surface area contributed by atoms with Crippen LogP contribution in [0.15, 0.2) is 44.2 Å². The maximum Gasteiger partial charge on any atom is 0.340 e. The molecule has 7 heteroatoms. The van der Waals surface area contributed by atoms with Gasteiger partial charge in [0.1, 0.15) is 5.76 Å². The number of nitrogens with one attached hydrogen (secondary N) is 1. The van der Waals surface area contributed by atoms with Crippen molar-refractivity contribution in [3.05, 3.63) is 57.8 Å². The molecule has 0 fully saturated rings. The Hall–Kier alpha value is -3.22. The first-order chi connectivity index (χ1) is 11.5. The lowest BCUT2D eigenvalue weighted by Crippen LogP contribution is -2.27. The summed E-state index contributed by atoms with van der Waals surface area (Å²) in [7, 11) is 0. The van der Waals surface area contributed by atoms with Crippen molar-refractivity contribution in [2.75, 3.05) is 0 Å². The van der Waals surface area contributed by atoms with Gasteiger partial charge in [0.15, 0.2) is 11.3 Å². The van der Waals surface area contributed by atoms with Crippen LogP contribution in [-0.2, 0) is 17.8 Å². The minimum Gasteiger partial charge on any atom is -0.504 e. The van der Waals surface area contributed by atoms with E-state index in [1.54, 1.807) is 19.1 Å². The minimum atomic E-state index is -0.728. The molecular weight excluding hydrogens is 314 g/mol. The van der Waals surface area contributed by atoms with E-state index >= 15 is 0 Å². The highest BCUT2D eigenvalue weighted by atomic mass is 16.4. The summed E-state index contributed by atoms with van der Waals surface area (Å²) in [6.07, 6.45) is 1.35. The first-order valence-electron chi connectivity index (χ1n) is 7.23. The van der Waals surface area contributed by atoms with E-state index in [9.17, 15) is 19.8 Å². The summed E-state index contributed by atoms with van der Waals surface area (Å²) < 4.78 is 10.2. The van der Waals surface area contributed by atoms with Crippen LogP contribution >= 0.6 is 0 Å². The van der Waals surface area contributed by atoms with Gasteiger partial charge in [-0.1, -0.05) is 0 Å². The molecule has 1 amide bonds. The molecule has 0 saturated heterocycles. The van der Waals surface area contributed by atoms with E-state index in [0.29, 0.717) is 16.7 Å². The SMILES string of the molecule is Cc1c(CC(=O)NCc2ccco2)c(=O)oc2c(O)c(O)ccc12. The van der Waals surface area contributed by atoms with Crippen LogP contribution in [0.1, 0.15) is 16.9 Å². The third-order valence-corrected chi connectivity index (χ3v) is 3.79. The second-order valence-electron chi connectivity index (χ2n) is 5.34. The fourth-order valence-corrected chi connectivity index (χ4v) is 2.46. The predicted octanol–water partition coefficient (Wildman–Crippen LogP) is 1.96. The highest BCUT2D eigenvalue weighted by Gasteiger charge is 2.18. The second kappa shape index (κ2) is 6.11. The van der Waals surface area contributed by atoms with Crippen molar-refractivity contribution >= 4 is 16.9 Å². The summed E-state index contributed by atoms with van der Waals surface area (Å²) in [6, 6.07) is 6.26. The van der Waals surface area contributed by atoms with Crippen molar-refractivity contribution in [1.29, 1.82) is 0 Å². The number of carbonyl (C=O) groups is 1. The maximum absolute atomic E-state index is 12.1. The van der Waals surface area contributed by atoms with Crippen LogP contribution in [0.2, 0.25) is 0 Å². The highest BCUT2D eigenvalue weighted by molar-refractivity contribution is 5.89. The van der Waals surface area contributed by atoms with Gasteiger partial charge in [-0.15, -0.1) is 0 Å². The molecule has 0 radical (unpaired) electrons. The molecule has 0 saturated carbocycles. The van der Waals surface area contributed by atoms with Gasteiger partial charge in [0.2, 0.25) is 11.7 Å². The van der Waals surface area contributed by atoms with E-state index in [4.69, 9.17) is 8.83 Å².